The first-order valence-electron chi connectivity index (χ1n) is 11.7. The molecule has 5 rings (SSSR count). The fraction of sp³-hybridized carbons (Fsp3) is 0.417. The molecule has 0 radical (unpaired) electrons. The van der Waals surface area contributed by atoms with Crippen molar-refractivity contribution in [1.82, 2.24) is 14.8 Å². The number of hydrogen-bond acceptors (Lipinski definition) is 7. The molecule has 184 valence electrons. The Kier molecular flexibility index (Phi) is 6.28. The molecule has 2 aliphatic rings. The number of hydrogen-bond donors (Lipinski definition) is 2. The maximum absolute atomic E-state index is 13.5. The Morgan fingerprint density at radius 2 is 1.89 bits per heavy atom. The van der Waals surface area contributed by atoms with Gasteiger partial charge in [0.1, 0.15) is 11.9 Å². The van der Waals surface area contributed by atoms with Gasteiger partial charge in [0.05, 0.1) is 27.4 Å². The first-order valence-corrected chi connectivity index (χ1v) is 13.2. The minimum Gasteiger partial charge on any atom is -0.381 e. The number of ether oxygens (including phenoxy) is 1. The van der Waals surface area contributed by atoms with Crippen LogP contribution < -0.4 is 11.1 Å². The van der Waals surface area contributed by atoms with E-state index in [4.69, 9.17) is 10.5 Å². The molecule has 3 N–H and O–H groups in total. The highest BCUT2D eigenvalue weighted by atomic mass is 32.2. The summed E-state index contributed by atoms with van der Waals surface area (Å²) in [6.45, 7) is 1.28. The molecule has 1 saturated carbocycles. The molecule has 3 aromatic rings. The van der Waals surface area contributed by atoms with Crippen LogP contribution >= 0.6 is 0 Å². The highest BCUT2D eigenvalue weighted by molar-refractivity contribution is 7.92. The lowest BCUT2D eigenvalue weighted by Crippen LogP contribution is -2.30. The third kappa shape index (κ3) is 4.78. The molecule has 0 unspecified atom stereocenters. The SMILES string of the molecule is NC(=O)c1ccc(NC(=O)[C@@H](CC2CCOCC2)n2ncc3c(S(=O)(=O)C4CC4)cccc32)nc1. The van der Waals surface area contributed by atoms with Crippen LogP contribution in [0.2, 0.25) is 0 Å². The molecule has 0 bridgehead atoms. The summed E-state index contributed by atoms with van der Waals surface area (Å²) < 4.78 is 33.1. The van der Waals surface area contributed by atoms with E-state index in [0.29, 0.717) is 43.4 Å². The van der Waals surface area contributed by atoms with Crippen LogP contribution in [0, 0.1) is 5.92 Å². The summed E-state index contributed by atoms with van der Waals surface area (Å²) in [5.41, 5.74) is 6.10. The van der Waals surface area contributed by atoms with Crippen LogP contribution in [0.5, 0.6) is 0 Å². The number of carbonyl (C=O) groups is 2. The van der Waals surface area contributed by atoms with Crippen molar-refractivity contribution in [3.8, 4) is 0 Å². The van der Waals surface area contributed by atoms with E-state index < -0.39 is 21.8 Å². The van der Waals surface area contributed by atoms with E-state index in [1.54, 1.807) is 22.9 Å². The van der Waals surface area contributed by atoms with Gasteiger partial charge in [-0.3, -0.25) is 14.3 Å². The topological polar surface area (TPSA) is 146 Å². The molecule has 1 aliphatic heterocycles. The second-order valence-corrected chi connectivity index (χ2v) is 11.3. The molecule has 2 fully saturated rings. The number of amides is 2. The molecule has 2 amide bonds. The Morgan fingerprint density at radius 1 is 1.11 bits per heavy atom. The number of anilines is 1. The molecule has 35 heavy (non-hydrogen) atoms. The Labute approximate surface area is 202 Å². The Bertz CT molecular complexity index is 1360. The second kappa shape index (κ2) is 9.38. The van der Waals surface area contributed by atoms with Crippen molar-refractivity contribution >= 4 is 38.4 Å². The number of pyridine rings is 1. The number of nitrogens with zero attached hydrogens (tertiary/aromatic N) is 3. The van der Waals surface area contributed by atoms with Gasteiger partial charge in [0, 0.05) is 24.8 Å². The third-order valence-corrected chi connectivity index (χ3v) is 8.98. The van der Waals surface area contributed by atoms with Gasteiger partial charge in [-0.15, -0.1) is 0 Å². The van der Waals surface area contributed by atoms with Crippen LogP contribution in [0.15, 0.2) is 47.6 Å². The molecule has 3 heterocycles. The molecule has 2 aromatic heterocycles. The molecule has 1 saturated heterocycles. The fourth-order valence-corrected chi connectivity index (χ4v) is 6.39. The van der Waals surface area contributed by atoms with Crippen LogP contribution in [0.1, 0.15) is 48.5 Å². The fourth-order valence-electron chi connectivity index (χ4n) is 4.54. The maximum atomic E-state index is 13.5. The number of sulfone groups is 1. The summed E-state index contributed by atoms with van der Waals surface area (Å²) in [5.74, 6) is -0.392. The number of nitrogens with one attached hydrogen (secondary N) is 1. The Hall–Kier alpha value is -3.31. The predicted molar refractivity (Wildman–Crippen MR) is 129 cm³/mol. The summed E-state index contributed by atoms with van der Waals surface area (Å²) >= 11 is 0. The summed E-state index contributed by atoms with van der Waals surface area (Å²) in [6.07, 6.45) is 6.36. The van der Waals surface area contributed by atoms with Gasteiger partial charge in [-0.2, -0.15) is 5.10 Å². The minimum absolute atomic E-state index is 0.240. The average Bonchev–Trinajstić information content (AvgIpc) is 3.64. The first kappa shape index (κ1) is 23.4. The van der Waals surface area contributed by atoms with Gasteiger partial charge in [0.25, 0.3) is 0 Å². The Balaban J connectivity index is 1.49. The lowest BCUT2D eigenvalue weighted by atomic mass is 9.92. The Morgan fingerprint density at radius 3 is 2.54 bits per heavy atom. The third-order valence-electron chi connectivity index (χ3n) is 6.67. The molecule has 10 nitrogen and oxygen atoms in total. The lowest BCUT2D eigenvalue weighted by Gasteiger charge is -2.26. The van der Waals surface area contributed by atoms with Gasteiger partial charge in [0.15, 0.2) is 9.84 Å². The number of benzene rings is 1. The zero-order valence-electron chi connectivity index (χ0n) is 19.1. The lowest BCUT2D eigenvalue weighted by molar-refractivity contribution is -0.120. The van der Waals surface area contributed by atoms with Crippen molar-refractivity contribution < 1.29 is 22.7 Å². The molecule has 0 spiro atoms. The number of carbonyl (C=O) groups excluding carboxylic acids is 2. The largest absolute Gasteiger partial charge is 0.381 e. The molecule has 1 atom stereocenters. The van der Waals surface area contributed by atoms with E-state index in [-0.39, 0.29) is 33.4 Å². The van der Waals surface area contributed by atoms with Gasteiger partial charge in [0.2, 0.25) is 11.8 Å². The van der Waals surface area contributed by atoms with E-state index >= 15 is 0 Å². The van der Waals surface area contributed by atoms with E-state index in [1.807, 2.05) is 0 Å². The summed E-state index contributed by atoms with van der Waals surface area (Å²) in [4.78, 5) is 29.2. The second-order valence-electron chi connectivity index (χ2n) is 9.12. The molecule has 1 aliphatic carbocycles. The number of primary amides is 1. The minimum atomic E-state index is -3.43. The number of aromatic nitrogens is 3. The molecular weight excluding hydrogens is 470 g/mol. The summed E-state index contributed by atoms with van der Waals surface area (Å²) in [7, 11) is -3.43. The number of rotatable bonds is 8. The van der Waals surface area contributed by atoms with Crippen LogP contribution in [-0.4, -0.2) is 53.5 Å². The predicted octanol–water partition coefficient (Wildman–Crippen LogP) is 2.46. The smallest absolute Gasteiger partial charge is 0.250 e. The van der Waals surface area contributed by atoms with Crippen molar-refractivity contribution in [2.75, 3.05) is 18.5 Å². The van der Waals surface area contributed by atoms with E-state index in [1.165, 1.54) is 24.5 Å². The van der Waals surface area contributed by atoms with Crippen LogP contribution in [0.4, 0.5) is 5.82 Å². The van der Waals surface area contributed by atoms with Gasteiger partial charge in [-0.25, -0.2) is 13.4 Å². The number of fused-ring (bicyclic) bond motifs is 1. The van der Waals surface area contributed by atoms with Crippen LogP contribution in [0.3, 0.4) is 0 Å². The normalized spacial score (nSPS) is 17.8. The van der Waals surface area contributed by atoms with Gasteiger partial charge in [-0.1, -0.05) is 6.07 Å². The maximum Gasteiger partial charge on any atom is 0.250 e. The highest BCUT2D eigenvalue weighted by Gasteiger charge is 2.38. The van der Waals surface area contributed by atoms with E-state index in [9.17, 15) is 18.0 Å². The average molecular weight is 498 g/mol. The van der Waals surface area contributed by atoms with Gasteiger partial charge in [-0.05, 0) is 62.3 Å². The zero-order chi connectivity index (χ0) is 24.6. The van der Waals surface area contributed by atoms with Crippen LogP contribution in [-0.2, 0) is 19.4 Å². The van der Waals surface area contributed by atoms with Gasteiger partial charge < -0.3 is 15.8 Å². The monoisotopic (exact) mass is 497 g/mol. The molecule has 11 heteroatoms. The van der Waals surface area contributed by atoms with Crippen molar-refractivity contribution in [1.29, 1.82) is 0 Å². The highest BCUT2D eigenvalue weighted by Crippen LogP contribution is 2.37. The quantitative estimate of drug-likeness (QED) is 0.486. The van der Waals surface area contributed by atoms with Crippen LogP contribution in [0.25, 0.3) is 10.9 Å². The van der Waals surface area contributed by atoms with Crippen molar-refractivity contribution in [3.05, 3.63) is 48.3 Å². The van der Waals surface area contributed by atoms with E-state index in [2.05, 4.69) is 15.4 Å². The van der Waals surface area contributed by atoms with Crippen molar-refractivity contribution in [2.24, 2.45) is 11.7 Å². The standard InChI is InChI=1S/C24H27N5O5S/c25-23(30)16-4-7-22(26-13-16)28-24(31)20(12-15-8-10-34-11-9-15)29-19-2-1-3-21(18(19)14-27-29)35(32,33)17-5-6-17/h1-4,7,13-15,17,20H,5-6,8-12H2,(H2,25,30)(H,26,28,31)/t20-/m1/s1. The molecular formula is C24H27N5O5S. The summed E-state index contributed by atoms with van der Waals surface area (Å²) in [5, 5.41) is 7.49. The number of nitrogens with two attached hydrogens (primary N) is 1. The van der Waals surface area contributed by atoms with Crippen molar-refractivity contribution in [3.63, 3.8) is 0 Å². The van der Waals surface area contributed by atoms with Crippen molar-refractivity contribution in [2.45, 2.75) is 48.3 Å². The molecule has 1 aromatic carbocycles. The zero-order valence-corrected chi connectivity index (χ0v) is 19.9. The summed E-state index contributed by atoms with van der Waals surface area (Å²) in [6, 6.07) is 7.43. The first-order chi connectivity index (χ1) is 16.8. The van der Waals surface area contributed by atoms with E-state index in [0.717, 1.165) is 12.8 Å². The van der Waals surface area contributed by atoms with Gasteiger partial charge >= 0.3 is 0 Å².